The predicted octanol–water partition coefficient (Wildman–Crippen LogP) is 4.83. The first kappa shape index (κ1) is 26.6. The summed E-state index contributed by atoms with van der Waals surface area (Å²) in [5.74, 6) is -1.69. The van der Waals surface area contributed by atoms with Crippen molar-refractivity contribution in [1.82, 2.24) is 14.6 Å². The van der Waals surface area contributed by atoms with Crippen molar-refractivity contribution in [2.45, 2.75) is 36.7 Å². The minimum Gasteiger partial charge on any atom is -0.507 e. The Bertz CT molecular complexity index is 1670. The highest BCUT2D eigenvalue weighted by atomic mass is 32.2. The van der Waals surface area contributed by atoms with Gasteiger partial charge in [-0.3, -0.25) is 9.78 Å². The van der Waals surface area contributed by atoms with Gasteiger partial charge in [0.2, 0.25) is 11.0 Å². The monoisotopic (exact) mass is 563 g/mol. The van der Waals surface area contributed by atoms with Gasteiger partial charge in [0.05, 0.1) is 11.3 Å². The summed E-state index contributed by atoms with van der Waals surface area (Å²) in [7, 11) is -4.19. The Balaban J connectivity index is 1.30. The van der Waals surface area contributed by atoms with E-state index in [9.17, 15) is 35.9 Å². The minimum atomic E-state index is -4.61. The highest BCUT2D eigenvalue weighted by Gasteiger charge is 2.41. The maximum absolute atomic E-state index is 13.5. The fourth-order valence-corrected chi connectivity index (χ4v) is 6.09. The number of aromatic nitrogens is 1. The van der Waals surface area contributed by atoms with Gasteiger partial charge in [-0.1, -0.05) is 0 Å². The van der Waals surface area contributed by atoms with E-state index in [-0.39, 0.29) is 41.7 Å². The standard InChI is InChI=1S/C26H21F4N3O5S/c27-18-4-6-23-16(11-18)12-24(38-23)39(36,37)33-9-1-2-21(33)25(35)32-14-15-7-8-31-20(10-15)19-5-3-17(13-22(19)34)26(28,29)30/h3-8,10-13,21,34H,1-2,9,14H2,(H,32,35). The topological polar surface area (TPSA) is 113 Å². The number of pyridine rings is 1. The van der Waals surface area contributed by atoms with E-state index < -0.39 is 50.4 Å². The number of carbonyl (C=O) groups is 1. The molecule has 8 nitrogen and oxygen atoms in total. The molecule has 13 heteroatoms. The number of benzene rings is 2. The summed E-state index contributed by atoms with van der Waals surface area (Å²) < 4.78 is 85.2. The number of furan rings is 1. The van der Waals surface area contributed by atoms with Crippen LogP contribution in [0.25, 0.3) is 22.2 Å². The Hall–Kier alpha value is -3.97. The van der Waals surface area contributed by atoms with E-state index in [4.69, 9.17) is 4.42 Å². The summed E-state index contributed by atoms with van der Waals surface area (Å²) in [6.45, 7) is 0.0719. The molecule has 204 valence electrons. The molecule has 1 aliphatic heterocycles. The molecule has 0 radical (unpaired) electrons. The number of fused-ring (bicyclic) bond motifs is 1. The van der Waals surface area contributed by atoms with E-state index in [0.717, 1.165) is 28.6 Å². The van der Waals surface area contributed by atoms with E-state index >= 15 is 0 Å². The second-order valence-corrected chi connectivity index (χ2v) is 10.8. The summed E-state index contributed by atoms with van der Waals surface area (Å²) in [6, 6.07) is 9.47. The zero-order valence-electron chi connectivity index (χ0n) is 20.1. The van der Waals surface area contributed by atoms with E-state index in [2.05, 4.69) is 10.3 Å². The van der Waals surface area contributed by atoms with Gasteiger partial charge < -0.3 is 14.8 Å². The number of amides is 1. The van der Waals surface area contributed by atoms with Crippen LogP contribution < -0.4 is 5.32 Å². The number of phenolic OH excluding ortho intramolecular Hbond substituents is 1. The minimum absolute atomic E-state index is 0.0238. The molecule has 5 rings (SSSR count). The highest BCUT2D eigenvalue weighted by Crippen LogP contribution is 2.36. The Kier molecular flexibility index (Phi) is 6.81. The largest absolute Gasteiger partial charge is 0.507 e. The summed E-state index contributed by atoms with van der Waals surface area (Å²) in [5, 5.41) is 12.7. The molecule has 0 aliphatic carbocycles. The first-order chi connectivity index (χ1) is 18.4. The van der Waals surface area contributed by atoms with Gasteiger partial charge in [-0.25, -0.2) is 12.8 Å². The Labute approximate surface area is 219 Å². The van der Waals surface area contributed by atoms with Crippen molar-refractivity contribution in [3.63, 3.8) is 0 Å². The van der Waals surface area contributed by atoms with Crippen molar-refractivity contribution < 1.29 is 40.3 Å². The molecule has 39 heavy (non-hydrogen) atoms. The van der Waals surface area contributed by atoms with Crippen LogP contribution in [0, 0.1) is 5.82 Å². The van der Waals surface area contributed by atoms with Crippen LogP contribution in [0.3, 0.4) is 0 Å². The number of aromatic hydroxyl groups is 1. The third-order valence-corrected chi connectivity index (χ3v) is 8.18. The number of alkyl halides is 3. The van der Waals surface area contributed by atoms with Crippen LogP contribution >= 0.6 is 0 Å². The molecule has 1 saturated heterocycles. The molecule has 0 saturated carbocycles. The molecule has 3 heterocycles. The Morgan fingerprint density at radius 2 is 1.92 bits per heavy atom. The van der Waals surface area contributed by atoms with Crippen LogP contribution in [-0.4, -0.2) is 41.3 Å². The number of carbonyl (C=O) groups excluding carboxylic acids is 1. The van der Waals surface area contributed by atoms with Crippen LogP contribution in [0.1, 0.15) is 24.0 Å². The van der Waals surface area contributed by atoms with Gasteiger partial charge >= 0.3 is 6.18 Å². The lowest BCUT2D eigenvalue weighted by Gasteiger charge is -2.22. The number of nitrogens with one attached hydrogen (secondary N) is 1. The fourth-order valence-electron chi connectivity index (χ4n) is 4.49. The van der Waals surface area contributed by atoms with E-state index in [0.29, 0.717) is 18.1 Å². The van der Waals surface area contributed by atoms with Crippen LogP contribution in [0.4, 0.5) is 17.6 Å². The van der Waals surface area contributed by atoms with Crippen LogP contribution in [-0.2, 0) is 27.5 Å². The molecule has 1 unspecified atom stereocenters. The van der Waals surface area contributed by atoms with Crippen molar-refractivity contribution in [1.29, 1.82) is 0 Å². The van der Waals surface area contributed by atoms with Gasteiger partial charge in [0, 0.05) is 36.3 Å². The SMILES string of the molecule is O=C(NCc1ccnc(-c2ccc(C(F)(F)F)cc2O)c1)C1CCCN1S(=O)(=O)c1cc2cc(F)ccc2o1. The highest BCUT2D eigenvalue weighted by molar-refractivity contribution is 7.89. The van der Waals surface area contributed by atoms with Gasteiger partial charge in [0.1, 0.15) is 23.2 Å². The average Bonchev–Trinajstić information content (AvgIpc) is 3.55. The second kappa shape index (κ2) is 9.97. The molecule has 2 aromatic carbocycles. The lowest BCUT2D eigenvalue weighted by molar-refractivity contribution is -0.137. The molecule has 1 fully saturated rings. The van der Waals surface area contributed by atoms with E-state index in [1.54, 1.807) is 6.07 Å². The number of halogens is 4. The zero-order valence-corrected chi connectivity index (χ0v) is 20.9. The molecule has 4 aromatic rings. The third kappa shape index (κ3) is 5.32. The number of hydrogen-bond acceptors (Lipinski definition) is 6. The molecule has 0 spiro atoms. The summed E-state index contributed by atoms with van der Waals surface area (Å²) >= 11 is 0. The number of sulfonamides is 1. The van der Waals surface area contributed by atoms with Crippen LogP contribution in [0.5, 0.6) is 5.75 Å². The molecule has 2 aromatic heterocycles. The lowest BCUT2D eigenvalue weighted by Crippen LogP contribution is -2.45. The Morgan fingerprint density at radius 1 is 1.13 bits per heavy atom. The first-order valence-corrected chi connectivity index (χ1v) is 13.2. The number of hydrogen-bond donors (Lipinski definition) is 2. The second-order valence-electron chi connectivity index (χ2n) is 9.02. The molecule has 0 bridgehead atoms. The maximum atomic E-state index is 13.5. The zero-order chi connectivity index (χ0) is 27.9. The van der Waals surface area contributed by atoms with Crippen LogP contribution in [0.15, 0.2) is 70.3 Å². The summed E-state index contributed by atoms with van der Waals surface area (Å²) in [4.78, 5) is 17.1. The van der Waals surface area contributed by atoms with E-state index in [1.165, 1.54) is 24.4 Å². The van der Waals surface area contributed by atoms with Gasteiger partial charge in [-0.15, -0.1) is 0 Å². The summed E-state index contributed by atoms with van der Waals surface area (Å²) in [6.07, 6.45) is -2.51. The van der Waals surface area contributed by atoms with Crippen LogP contribution in [0.2, 0.25) is 0 Å². The number of rotatable bonds is 6. The van der Waals surface area contributed by atoms with Gasteiger partial charge in [-0.2, -0.15) is 17.5 Å². The van der Waals surface area contributed by atoms with Crippen molar-refractivity contribution in [2.24, 2.45) is 0 Å². The van der Waals surface area contributed by atoms with E-state index in [1.807, 2.05) is 0 Å². The van der Waals surface area contributed by atoms with Gasteiger partial charge in [-0.05, 0) is 66.9 Å². The molecule has 1 amide bonds. The average molecular weight is 564 g/mol. The Morgan fingerprint density at radius 3 is 2.67 bits per heavy atom. The summed E-state index contributed by atoms with van der Waals surface area (Å²) in [5.41, 5.74) is -0.00511. The number of nitrogens with zero attached hydrogens (tertiary/aromatic N) is 2. The van der Waals surface area contributed by atoms with Crippen molar-refractivity contribution in [3.05, 3.63) is 77.7 Å². The molecular weight excluding hydrogens is 542 g/mol. The van der Waals surface area contributed by atoms with Gasteiger partial charge in [0.25, 0.3) is 10.0 Å². The smallest absolute Gasteiger partial charge is 0.416 e. The predicted molar refractivity (Wildman–Crippen MR) is 131 cm³/mol. The normalized spacial score (nSPS) is 16.6. The quantitative estimate of drug-likeness (QED) is 0.325. The first-order valence-electron chi connectivity index (χ1n) is 11.8. The molecule has 2 N–H and O–H groups in total. The third-order valence-electron chi connectivity index (χ3n) is 6.42. The molecular formula is C26H21F4N3O5S. The number of phenols is 1. The maximum Gasteiger partial charge on any atom is 0.416 e. The fraction of sp³-hybridized carbons (Fsp3) is 0.231. The van der Waals surface area contributed by atoms with Gasteiger partial charge in [0.15, 0.2) is 0 Å². The molecule has 1 aliphatic rings. The lowest BCUT2D eigenvalue weighted by atomic mass is 10.0. The molecule has 1 atom stereocenters. The van der Waals surface area contributed by atoms with Crippen molar-refractivity contribution >= 4 is 26.9 Å². The van der Waals surface area contributed by atoms with Crippen molar-refractivity contribution in [2.75, 3.05) is 6.54 Å². The van der Waals surface area contributed by atoms with Crippen molar-refractivity contribution in [3.8, 4) is 17.0 Å².